The van der Waals surface area contributed by atoms with Crippen molar-refractivity contribution in [2.45, 2.75) is 70.1 Å². The molecule has 0 aromatic rings. The summed E-state index contributed by atoms with van der Waals surface area (Å²) in [5.41, 5.74) is 3.57. The van der Waals surface area contributed by atoms with E-state index in [1.165, 1.54) is 77.4 Å². The molecule has 1 aliphatic carbocycles. The quantitative estimate of drug-likeness (QED) is 0.864. The molecule has 0 spiro atoms. The Morgan fingerprint density at radius 3 is 2.68 bits per heavy atom. The number of fused-ring (bicyclic) bond motifs is 2. The summed E-state index contributed by atoms with van der Waals surface area (Å²) >= 11 is 0. The highest BCUT2D eigenvalue weighted by Crippen LogP contribution is 2.35. The number of likely N-dealkylation sites (tertiary alicyclic amines) is 1. The molecule has 0 bridgehead atoms. The van der Waals surface area contributed by atoms with Gasteiger partial charge < -0.3 is 9.64 Å². The molecule has 0 radical (unpaired) electrons. The first-order valence-electron chi connectivity index (χ1n) is 9.75. The van der Waals surface area contributed by atoms with Crippen LogP contribution in [-0.4, -0.2) is 55.0 Å². The van der Waals surface area contributed by atoms with Crippen molar-refractivity contribution in [3.63, 3.8) is 0 Å². The van der Waals surface area contributed by atoms with Crippen LogP contribution in [0, 0.1) is 11.8 Å². The molecular weight excluding hydrogens is 274 g/mol. The number of hydrogen-bond acceptors (Lipinski definition) is 4. The minimum Gasteiger partial charge on any atom is -0.361 e. The summed E-state index contributed by atoms with van der Waals surface area (Å²) in [6.07, 6.45) is 12.9. The summed E-state index contributed by atoms with van der Waals surface area (Å²) in [7, 11) is 0. The fraction of sp³-hybridized carbons (Fsp3) is 1.00. The third-order valence-electron chi connectivity index (χ3n) is 6.52. The second-order valence-corrected chi connectivity index (χ2v) is 7.96. The molecule has 0 aromatic heterocycles. The fourth-order valence-corrected chi connectivity index (χ4v) is 5.21. The van der Waals surface area contributed by atoms with Crippen LogP contribution in [0.3, 0.4) is 0 Å². The van der Waals surface area contributed by atoms with E-state index in [1.807, 2.05) is 0 Å². The minimum absolute atomic E-state index is 0.273. The second kappa shape index (κ2) is 7.16. The molecular formula is C18H33N3O. The summed E-state index contributed by atoms with van der Waals surface area (Å²) in [5.74, 6) is 2.03. The maximum Gasteiger partial charge on any atom is 0.122 e. The molecule has 3 aliphatic heterocycles. The Labute approximate surface area is 135 Å². The molecule has 3 heterocycles. The summed E-state index contributed by atoms with van der Waals surface area (Å²) in [6.45, 7) is 5.87. The number of hydrogen-bond donors (Lipinski definition) is 1. The highest BCUT2D eigenvalue weighted by atomic mass is 16.5. The van der Waals surface area contributed by atoms with Crippen LogP contribution in [0.25, 0.3) is 0 Å². The van der Waals surface area contributed by atoms with Gasteiger partial charge in [0.05, 0.1) is 6.61 Å². The van der Waals surface area contributed by atoms with Crippen molar-refractivity contribution in [1.29, 1.82) is 0 Å². The van der Waals surface area contributed by atoms with Gasteiger partial charge in [-0.25, -0.2) is 10.4 Å². The third kappa shape index (κ3) is 3.50. The van der Waals surface area contributed by atoms with Gasteiger partial charge >= 0.3 is 0 Å². The molecule has 3 saturated heterocycles. The molecule has 4 unspecified atom stereocenters. The molecule has 22 heavy (non-hydrogen) atoms. The van der Waals surface area contributed by atoms with E-state index in [2.05, 4.69) is 15.3 Å². The van der Waals surface area contributed by atoms with Crippen molar-refractivity contribution in [1.82, 2.24) is 15.3 Å². The van der Waals surface area contributed by atoms with E-state index in [0.29, 0.717) is 0 Å². The lowest BCUT2D eigenvalue weighted by Gasteiger charge is -2.41. The Morgan fingerprint density at radius 1 is 0.909 bits per heavy atom. The van der Waals surface area contributed by atoms with E-state index >= 15 is 0 Å². The number of rotatable bonds is 4. The van der Waals surface area contributed by atoms with E-state index in [0.717, 1.165) is 31.0 Å². The fourth-order valence-electron chi connectivity index (χ4n) is 5.21. The highest BCUT2D eigenvalue weighted by molar-refractivity contribution is 4.85. The summed E-state index contributed by atoms with van der Waals surface area (Å²) in [4.78, 5) is 2.66. The van der Waals surface area contributed by atoms with Crippen molar-refractivity contribution in [3.05, 3.63) is 0 Å². The maximum atomic E-state index is 6.14. The number of piperidine rings is 2. The normalized spacial score (nSPS) is 40.4. The lowest BCUT2D eigenvalue weighted by molar-refractivity contribution is -0.00572. The zero-order valence-electron chi connectivity index (χ0n) is 14.0. The Balaban J connectivity index is 1.16. The van der Waals surface area contributed by atoms with E-state index < -0.39 is 0 Å². The monoisotopic (exact) mass is 307 g/mol. The number of hydrazine groups is 1. The smallest absolute Gasteiger partial charge is 0.122 e. The first-order valence-corrected chi connectivity index (χ1v) is 9.75. The zero-order valence-corrected chi connectivity index (χ0v) is 14.0. The number of ether oxygens (including phenoxy) is 1. The SMILES string of the molecule is C1CCC2CN(CCOC3CC4CCCCN4N3)CCC2C1. The maximum absolute atomic E-state index is 6.14. The van der Waals surface area contributed by atoms with Crippen molar-refractivity contribution in [2.24, 2.45) is 11.8 Å². The van der Waals surface area contributed by atoms with Gasteiger partial charge in [-0.2, -0.15) is 0 Å². The van der Waals surface area contributed by atoms with Crippen molar-refractivity contribution < 1.29 is 4.74 Å². The van der Waals surface area contributed by atoms with Crippen LogP contribution in [0.15, 0.2) is 0 Å². The zero-order chi connectivity index (χ0) is 14.8. The molecule has 4 fully saturated rings. The minimum atomic E-state index is 0.273. The predicted octanol–water partition coefficient (Wildman–Crippen LogP) is 2.60. The van der Waals surface area contributed by atoms with Crippen LogP contribution >= 0.6 is 0 Å². The molecule has 4 nitrogen and oxygen atoms in total. The third-order valence-corrected chi connectivity index (χ3v) is 6.52. The molecule has 126 valence electrons. The molecule has 4 heteroatoms. The predicted molar refractivity (Wildman–Crippen MR) is 88.3 cm³/mol. The molecule has 1 saturated carbocycles. The highest BCUT2D eigenvalue weighted by Gasteiger charge is 2.34. The van der Waals surface area contributed by atoms with Crippen LogP contribution in [-0.2, 0) is 4.74 Å². The van der Waals surface area contributed by atoms with Gasteiger partial charge in [-0.05, 0) is 44.1 Å². The van der Waals surface area contributed by atoms with Crippen LogP contribution in [0.1, 0.15) is 57.8 Å². The van der Waals surface area contributed by atoms with Gasteiger partial charge in [0.25, 0.3) is 0 Å². The largest absolute Gasteiger partial charge is 0.361 e. The summed E-state index contributed by atoms with van der Waals surface area (Å²) < 4.78 is 6.14. The second-order valence-electron chi connectivity index (χ2n) is 7.96. The molecule has 4 aliphatic rings. The van der Waals surface area contributed by atoms with Crippen molar-refractivity contribution in [3.8, 4) is 0 Å². The van der Waals surface area contributed by atoms with E-state index in [4.69, 9.17) is 4.74 Å². The van der Waals surface area contributed by atoms with Gasteiger partial charge in [-0.1, -0.05) is 25.7 Å². The van der Waals surface area contributed by atoms with E-state index in [1.54, 1.807) is 0 Å². The molecule has 4 atom stereocenters. The van der Waals surface area contributed by atoms with E-state index in [9.17, 15) is 0 Å². The van der Waals surface area contributed by atoms with Gasteiger partial charge in [0.1, 0.15) is 6.23 Å². The standard InChI is InChI=1S/C18H33N3O/c1-2-6-16-14-20(10-8-15(16)5-1)11-12-22-18-13-17-7-3-4-9-21(17)19-18/h15-19H,1-14H2. The Morgan fingerprint density at radius 2 is 1.77 bits per heavy atom. The van der Waals surface area contributed by atoms with Crippen LogP contribution in [0.2, 0.25) is 0 Å². The van der Waals surface area contributed by atoms with Crippen LogP contribution in [0.4, 0.5) is 0 Å². The molecule has 4 rings (SSSR count). The summed E-state index contributed by atoms with van der Waals surface area (Å²) in [5, 5.41) is 2.43. The van der Waals surface area contributed by atoms with Crippen LogP contribution in [0.5, 0.6) is 0 Å². The number of nitrogens with one attached hydrogen (secondary N) is 1. The molecule has 0 amide bonds. The van der Waals surface area contributed by atoms with Crippen molar-refractivity contribution >= 4 is 0 Å². The molecule has 1 N–H and O–H groups in total. The van der Waals surface area contributed by atoms with Gasteiger partial charge in [0.2, 0.25) is 0 Å². The average Bonchev–Trinajstić information content (AvgIpc) is 2.97. The summed E-state index contributed by atoms with van der Waals surface area (Å²) in [6, 6.07) is 0.733. The van der Waals surface area contributed by atoms with E-state index in [-0.39, 0.29) is 6.23 Å². The Hall–Kier alpha value is -0.160. The van der Waals surface area contributed by atoms with Gasteiger partial charge in [0, 0.05) is 32.1 Å². The topological polar surface area (TPSA) is 27.7 Å². The lowest BCUT2D eigenvalue weighted by atomic mass is 9.75. The Bertz CT molecular complexity index is 350. The first kappa shape index (κ1) is 15.4. The lowest BCUT2D eigenvalue weighted by Crippen LogP contribution is -2.44. The molecule has 0 aromatic carbocycles. The van der Waals surface area contributed by atoms with Gasteiger partial charge in [0.15, 0.2) is 0 Å². The van der Waals surface area contributed by atoms with Crippen LogP contribution < -0.4 is 5.43 Å². The average molecular weight is 307 g/mol. The number of nitrogens with zero attached hydrogens (tertiary/aromatic N) is 2. The first-order chi connectivity index (χ1) is 10.9. The van der Waals surface area contributed by atoms with Crippen molar-refractivity contribution in [2.75, 3.05) is 32.8 Å². The Kier molecular flexibility index (Phi) is 5.01. The van der Waals surface area contributed by atoms with Gasteiger partial charge in [-0.3, -0.25) is 0 Å². The van der Waals surface area contributed by atoms with Gasteiger partial charge in [-0.15, -0.1) is 0 Å².